The molecule has 1 aliphatic heterocycles. The Bertz CT molecular complexity index is 928. The van der Waals surface area contributed by atoms with E-state index in [0.29, 0.717) is 31.6 Å². The molecule has 3 rings (SSSR count). The summed E-state index contributed by atoms with van der Waals surface area (Å²) in [5.74, 6) is 1.31. The average molecular weight is 404 g/mol. The lowest BCUT2D eigenvalue weighted by Crippen LogP contribution is -2.31. The lowest BCUT2D eigenvalue weighted by molar-refractivity contribution is -0.195. The van der Waals surface area contributed by atoms with Gasteiger partial charge in [0, 0.05) is 17.9 Å². The van der Waals surface area contributed by atoms with Crippen molar-refractivity contribution in [2.75, 3.05) is 13.2 Å². The summed E-state index contributed by atoms with van der Waals surface area (Å²) in [5, 5.41) is 0. The monoisotopic (exact) mass is 404 g/mol. The number of rotatable bonds is 4. The van der Waals surface area contributed by atoms with Gasteiger partial charge in [-0.1, -0.05) is 24.0 Å². The molecule has 0 aromatic heterocycles. The van der Waals surface area contributed by atoms with Crippen molar-refractivity contribution >= 4 is 0 Å². The Morgan fingerprint density at radius 2 is 1.62 bits per heavy atom. The molecule has 6 heteroatoms. The number of hydrogen-bond acceptors (Lipinski definition) is 2. The van der Waals surface area contributed by atoms with Crippen LogP contribution in [0, 0.1) is 41.0 Å². The molecule has 0 radical (unpaired) electrons. The average Bonchev–Trinajstić information content (AvgIpc) is 2.70. The fraction of sp³-hybridized carbons (Fsp3) is 0.304. The topological polar surface area (TPSA) is 18.5 Å². The van der Waals surface area contributed by atoms with Crippen LogP contribution in [-0.4, -0.2) is 19.5 Å². The molecule has 29 heavy (non-hydrogen) atoms. The first kappa shape index (κ1) is 21.1. The smallest absolute Gasteiger partial charge is 0.160 e. The molecule has 0 bridgehead atoms. The quantitative estimate of drug-likeness (QED) is 0.399. The molecule has 2 nitrogen and oxygen atoms in total. The second-order valence-electron chi connectivity index (χ2n) is 6.73. The minimum absolute atomic E-state index is 0.120. The second kappa shape index (κ2) is 9.73. The Morgan fingerprint density at radius 3 is 2.24 bits per heavy atom. The van der Waals surface area contributed by atoms with Gasteiger partial charge in [-0.3, -0.25) is 0 Å². The van der Waals surface area contributed by atoms with Crippen LogP contribution in [0.15, 0.2) is 42.5 Å². The molecule has 0 N–H and O–H groups in total. The molecule has 0 atom stereocenters. The molecular formula is C23H20F4O2. The van der Waals surface area contributed by atoms with Crippen molar-refractivity contribution in [3.05, 3.63) is 82.4 Å². The zero-order valence-corrected chi connectivity index (χ0v) is 15.9. The summed E-state index contributed by atoms with van der Waals surface area (Å²) in [6.07, 6.45) is 4.40. The second-order valence-corrected chi connectivity index (χ2v) is 6.73. The first-order chi connectivity index (χ1) is 14.0. The van der Waals surface area contributed by atoms with E-state index >= 15 is 0 Å². The SMILES string of the molecule is CC=C[C@H]1CO[C@H](CCc2cc(F)c(C#Cc3ccc(F)c(F)c3)c(F)c2)OC1. The normalized spacial score (nSPS) is 19.2. The van der Waals surface area contributed by atoms with Crippen LogP contribution in [0.2, 0.25) is 0 Å². The van der Waals surface area contributed by atoms with E-state index in [1.54, 1.807) is 0 Å². The molecule has 0 saturated carbocycles. The third-order valence-corrected chi connectivity index (χ3v) is 4.48. The standard InChI is InChI=1S/C23H20F4O2/c1-2-3-17-13-28-23(29-14-17)9-6-16-11-20(25)18(21(26)12-16)7-4-15-5-8-19(24)22(27)10-15/h2-3,5,8,10-12,17,23H,6,9,13-14H2,1H3/t17-,23-. The molecule has 1 fully saturated rings. The molecule has 1 saturated heterocycles. The zero-order valence-electron chi connectivity index (χ0n) is 15.9. The molecule has 2 aromatic carbocycles. The third kappa shape index (κ3) is 5.69. The van der Waals surface area contributed by atoms with Crippen molar-refractivity contribution in [1.82, 2.24) is 0 Å². The minimum atomic E-state index is -1.07. The van der Waals surface area contributed by atoms with Crippen LogP contribution in [0.1, 0.15) is 30.0 Å². The Kier molecular flexibility index (Phi) is 7.08. The minimum Gasteiger partial charge on any atom is -0.352 e. The van der Waals surface area contributed by atoms with E-state index < -0.39 is 35.1 Å². The number of hydrogen-bond donors (Lipinski definition) is 0. The van der Waals surface area contributed by atoms with Crippen molar-refractivity contribution in [3.8, 4) is 11.8 Å². The van der Waals surface area contributed by atoms with Crippen LogP contribution in [0.4, 0.5) is 17.6 Å². The van der Waals surface area contributed by atoms with Gasteiger partial charge in [0.2, 0.25) is 0 Å². The van der Waals surface area contributed by atoms with Crippen molar-refractivity contribution in [1.29, 1.82) is 0 Å². The van der Waals surface area contributed by atoms with Gasteiger partial charge >= 0.3 is 0 Å². The van der Waals surface area contributed by atoms with Gasteiger partial charge in [0.25, 0.3) is 0 Å². The van der Waals surface area contributed by atoms with Crippen LogP contribution in [0.3, 0.4) is 0 Å². The number of allylic oxidation sites excluding steroid dienone is 1. The van der Waals surface area contributed by atoms with Gasteiger partial charge in [-0.2, -0.15) is 0 Å². The van der Waals surface area contributed by atoms with E-state index in [2.05, 4.69) is 11.8 Å². The Labute approximate surface area is 167 Å². The molecule has 1 aliphatic rings. The summed E-state index contributed by atoms with van der Waals surface area (Å²) < 4.78 is 66.0. The summed E-state index contributed by atoms with van der Waals surface area (Å²) in [6, 6.07) is 5.44. The Balaban J connectivity index is 1.64. The van der Waals surface area contributed by atoms with Gasteiger partial charge in [-0.15, -0.1) is 0 Å². The van der Waals surface area contributed by atoms with Gasteiger partial charge < -0.3 is 9.47 Å². The van der Waals surface area contributed by atoms with E-state index in [0.717, 1.165) is 12.1 Å². The lowest BCUT2D eigenvalue weighted by Gasteiger charge is -2.27. The lowest BCUT2D eigenvalue weighted by atomic mass is 10.0. The van der Waals surface area contributed by atoms with Crippen LogP contribution in [0.25, 0.3) is 0 Å². The fourth-order valence-corrected chi connectivity index (χ4v) is 2.99. The Hall–Kier alpha value is -2.62. The van der Waals surface area contributed by atoms with Crippen molar-refractivity contribution in [2.24, 2.45) is 5.92 Å². The summed E-state index contributed by atoms with van der Waals surface area (Å²) in [6.45, 7) is 3.04. The van der Waals surface area contributed by atoms with Gasteiger partial charge in [-0.05, 0) is 49.2 Å². The molecule has 152 valence electrons. The maximum Gasteiger partial charge on any atom is 0.160 e. The van der Waals surface area contributed by atoms with Crippen LogP contribution >= 0.6 is 0 Å². The number of aryl methyl sites for hydroxylation is 1. The van der Waals surface area contributed by atoms with Gasteiger partial charge in [0.15, 0.2) is 17.9 Å². The van der Waals surface area contributed by atoms with Gasteiger partial charge in [-0.25, -0.2) is 17.6 Å². The summed E-state index contributed by atoms with van der Waals surface area (Å²) in [5.41, 5.74) is 0.161. The van der Waals surface area contributed by atoms with Gasteiger partial charge in [0.1, 0.15) is 11.6 Å². The highest BCUT2D eigenvalue weighted by Gasteiger charge is 2.20. The highest BCUT2D eigenvalue weighted by Crippen LogP contribution is 2.20. The van der Waals surface area contributed by atoms with Crippen LogP contribution in [0.5, 0.6) is 0 Å². The van der Waals surface area contributed by atoms with Crippen LogP contribution < -0.4 is 0 Å². The summed E-state index contributed by atoms with van der Waals surface area (Å²) in [4.78, 5) is 0. The van der Waals surface area contributed by atoms with Crippen molar-refractivity contribution < 1.29 is 27.0 Å². The van der Waals surface area contributed by atoms with E-state index in [1.807, 2.05) is 19.1 Å². The summed E-state index contributed by atoms with van der Waals surface area (Å²) >= 11 is 0. The number of halogens is 4. The third-order valence-electron chi connectivity index (χ3n) is 4.48. The van der Waals surface area contributed by atoms with E-state index in [4.69, 9.17) is 9.47 Å². The molecule has 0 amide bonds. The first-order valence-corrected chi connectivity index (χ1v) is 9.27. The molecule has 2 aromatic rings. The predicted molar refractivity (Wildman–Crippen MR) is 101 cm³/mol. The maximum atomic E-state index is 14.3. The molecule has 0 spiro atoms. The number of ether oxygens (including phenoxy) is 2. The molecule has 1 heterocycles. The van der Waals surface area contributed by atoms with Gasteiger partial charge in [0.05, 0.1) is 18.8 Å². The van der Waals surface area contributed by atoms with E-state index in [9.17, 15) is 17.6 Å². The predicted octanol–water partition coefficient (Wildman–Crippen LogP) is 5.14. The van der Waals surface area contributed by atoms with Crippen molar-refractivity contribution in [3.63, 3.8) is 0 Å². The highest BCUT2D eigenvalue weighted by atomic mass is 19.2. The first-order valence-electron chi connectivity index (χ1n) is 9.27. The van der Waals surface area contributed by atoms with Crippen LogP contribution in [-0.2, 0) is 15.9 Å². The largest absolute Gasteiger partial charge is 0.352 e. The molecule has 0 aliphatic carbocycles. The molecule has 0 unspecified atom stereocenters. The summed E-state index contributed by atoms with van der Waals surface area (Å²) in [7, 11) is 0. The van der Waals surface area contributed by atoms with Crippen molar-refractivity contribution in [2.45, 2.75) is 26.1 Å². The van der Waals surface area contributed by atoms with E-state index in [-0.39, 0.29) is 11.5 Å². The Morgan fingerprint density at radius 1 is 0.931 bits per heavy atom. The fourth-order valence-electron chi connectivity index (χ4n) is 2.99. The number of benzene rings is 2. The molecular weight excluding hydrogens is 384 g/mol. The maximum absolute atomic E-state index is 14.3. The van der Waals surface area contributed by atoms with E-state index in [1.165, 1.54) is 18.2 Å². The zero-order chi connectivity index (χ0) is 20.8. The highest BCUT2D eigenvalue weighted by molar-refractivity contribution is 5.45.